The minimum atomic E-state index is -0.278. The van der Waals surface area contributed by atoms with Crippen molar-refractivity contribution in [1.82, 2.24) is 20.6 Å². The van der Waals surface area contributed by atoms with Crippen LogP contribution in [0.3, 0.4) is 0 Å². The number of fused-ring (bicyclic) bond motifs is 1. The number of H-pyrrole nitrogens is 1. The molecule has 128 valence electrons. The van der Waals surface area contributed by atoms with Crippen LogP contribution in [0.4, 0.5) is 0 Å². The number of nitrogens with zero attached hydrogens (tertiary/aromatic N) is 1. The second-order valence-electron chi connectivity index (χ2n) is 5.48. The van der Waals surface area contributed by atoms with E-state index in [9.17, 15) is 9.59 Å². The molecule has 7 heteroatoms. The van der Waals surface area contributed by atoms with Crippen LogP contribution in [0.15, 0.2) is 48.7 Å². The quantitative estimate of drug-likeness (QED) is 0.469. The highest BCUT2D eigenvalue weighted by Gasteiger charge is 2.10. The summed E-state index contributed by atoms with van der Waals surface area (Å²) in [6, 6.07) is 12.8. The summed E-state index contributed by atoms with van der Waals surface area (Å²) in [5.74, 6) is -0.446. The number of hydrogen-bond donors (Lipinski definition) is 3. The first-order valence-corrected chi connectivity index (χ1v) is 8.27. The van der Waals surface area contributed by atoms with Crippen molar-refractivity contribution in [3.8, 4) is 0 Å². The van der Waals surface area contributed by atoms with Crippen molar-refractivity contribution in [3.05, 3.63) is 65.1 Å². The molecule has 0 aliphatic rings. The third kappa shape index (κ3) is 4.16. The van der Waals surface area contributed by atoms with Crippen LogP contribution in [0.1, 0.15) is 27.3 Å². The molecule has 2 aromatic heterocycles. The van der Waals surface area contributed by atoms with Crippen LogP contribution in [-0.2, 0) is 0 Å². The number of aromatic amines is 1. The highest BCUT2D eigenvalue weighted by molar-refractivity contribution is 6.32. The fourth-order valence-corrected chi connectivity index (χ4v) is 2.64. The molecule has 0 unspecified atom stereocenters. The SMILES string of the molecule is O=C(NCCCNC(=O)c1cccnc1Cl)c1cc2ccccc2[nH]1. The fraction of sp³-hybridized carbons (Fsp3) is 0.167. The smallest absolute Gasteiger partial charge is 0.267 e. The standard InChI is InChI=1S/C18H17ClN4O2/c19-16-13(6-3-8-20-16)17(24)21-9-4-10-22-18(25)15-11-12-5-1-2-7-14(12)23-15/h1-3,5-8,11,23H,4,9-10H2,(H,21,24)(H,22,25). The Morgan fingerprint density at radius 1 is 1.04 bits per heavy atom. The lowest BCUT2D eigenvalue weighted by Crippen LogP contribution is -2.30. The molecule has 0 aliphatic carbocycles. The number of carbonyl (C=O) groups excluding carboxylic acids is 2. The number of benzene rings is 1. The van der Waals surface area contributed by atoms with Crippen LogP contribution >= 0.6 is 11.6 Å². The molecular formula is C18H17ClN4O2. The number of hydrogen-bond acceptors (Lipinski definition) is 3. The lowest BCUT2D eigenvalue weighted by Gasteiger charge is -2.07. The van der Waals surface area contributed by atoms with Crippen LogP contribution in [0, 0.1) is 0 Å². The summed E-state index contributed by atoms with van der Waals surface area (Å²) >= 11 is 5.87. The predicted molar refractivity (Wildman–Crippen MR) is 96.8 cm³/mol. The second-order valence-corrected chi connectivity index (χ2v) is 5.84. The van der Waals surface area contributed by atoms with E-state index in [0.29, 0.717) is 30.8 Å². The molecule has 0 saturated heterocycles. The van der Waals surface area contributed by atoms with Gasteiger partial charge in [0.2, 0.25) is 0 Å². The molecule has 0 spiro atoms. The van der Waals surface area contributed by atoms with E-state index in [1.807, 2.05) is 30.3 Å². The zero-order valence-corrected chi connectivity index (χ0v) is 14.1. The van der Waals surface area contributed by atoms with Gasteiger partial charge in [-0.2, -0.15) is 0 Å². The summed E-state index contributed by atoms with van der Waals surface area (Å²) in [7, 11) is 0. The van der Waals surface area contributed by atoms with E-state index in [4.69, 9.17) is 11.6 Å². The Bertz CT molecular complexity index is 874. The highest BCUT2D eigenvalue weighted by atomic mass is 35.5. The fourth-order valence-electron chi connectivity index (χ4n) is 2.43. The van der Waals surface area contributed by atoms with E-state index in [1.165, 1.54) is 6.20 Å². The van der Waals surface area contributed by atoms with Gasteiger partial charge in [0.05, 0.1) is 5.56 Å². The minimum Gasteiger partial charge on any atom is -0.352 e. The van der Waals surface area contributed by atoms with Crippen molar-refractivity contribution in [2.75, 3.05) is 13.1 Å². The van der Waals surface area contributed by atoms with Crippen molar-refractivity contribution in [2.45, 2.75) is 6.42 Å². The molecule has 0 atom stereocenters. The van der Waals surface area contributed by atoms with Gasteiger partial charge in [0.25, 0.3) is 11.8 Å². The summed E-state index contributed by atoms with van der Waals surface area (Å²) in [6.45, 7) is 0.881. The predicted octanol–water partition coefficient (Wildman–Crippen LogP) is 2.77. The highest BCUT2D eigenvalue weighted by Crippen LogP contribution is 2.14. The minimum absolute atomic E-state index is 0.169. The Hall–Kier alpha value is -2.86. The van der Waals surface area contributed by atoms with Crippen molar-refractivity contribution in [1.29, 1.82) is 0 Å². The molecule has 25 heavy (non-hydrogen) atoms. The topological polar surface area (TPSA) is 86.9 Å². The molecule has 3 aromatic rings. The maximum atomic E-state index is 12.1. The van der Waals surface area contributed by atoms with Gasteiger partial charge in [0.1, 0.15) is 10.8 Å². The van der Waals surface area contributed by atoms with Crippen molar-refractivity contribution in [3.63, 3.8) is 0 Å². The molecule has 0 saturated carbocycles. The van der Waals surface area contributed by atoms with Crippen LogP contribution < -0.4 is 10.6 Å². The molecule has 0 aliphatic heterocycles. The van der Waals surface area contributed by atoms with E-state index in [-0.39, 0.29) is 17.0 Å². The number of pyridine rings is 1. The van der Waals surface area contributed by atoms with Gasteiger partial charge >= 0.3 is 0 Å². The summed E-state index contributed by atoms with van der Waals surface area (Å²) in [6.07, 6.45) is 2.13. The van der Waals surface area contributed by atoms with Gasteiger partial charge in [-0.1, -0.05) is 29.8 Å². The average Bonchev–Trinajstić information content (AvgIpc) is 3.05. The number of rotatable bonds is 6. The van der Waals surface area contributed by atoms with Crippen molar-refractivity contribution < 1.29 is 9.59 Å². The summed E-state index contributed by atoms with van der Waals surface area (Å²) in [5.41, 5.74) is 1.78. The zero-order chi connectivity index (χ0) is 17.6. The van der Waals surface area contributed by atoms with Gasteiger partial charge in [-0.25, -0.2) is 4.98 Å². The number of para-hydroxylation sites is 1. The molecule has 2 amide bonds. The summed E-state index contributed by atoms with van der Waals surface area (Å²) < 4.78 is 0. The lowest BCUT2D eigenvalue weighted by molar-refractivity contribution is 0.0948. The number of halogens is 1. The third-order valence-corrected chi connectivity index (χ3v) is 4.00. The maximum absolute atomic E-state index is 12.1. The average molecular weight is 357 g/mol. The van der Waals surface area contributed by atoms with E-state index >= 15 is 0 Å². The first-order valence-electron chi connectivity index (χ1n) is 7.90. The molecule has 0 radical (unpaired) electrons. The molecule has 0 bridgehead atoms. The molecule has 1 aromatic carbocycles. The van der Waals surface area contributed by atoms with Gasteiger partial charge in [-0.3, -0.25) is 9.59 Å². The lowest BCUT2D eigenvalue weighted by atomic mass is 10.2. The van der Waals surface area contributed by atoms with Gasteiger partial charge in [-0.05, 0) is 30.7 Å². The third-order valence-electron chi connectivity index (χ3n) is 3.70. The molecule has 3 rings (SSSR count). The molecule has 6 nitrogen and oxygen atoms in total. The van der Waals surface area contributed by atoms with Crippen LogP contribution in [0.25, 0.3) is 10.9 Å². The van der Waals surface area contributed by atoms with E-state index in [2.05, 4.69) is 20.6 Å². The van der Waals surface area contributed by atoms with E-state index in [1.54, 1.807) is 12.1 Å². The van der Waals surface area contributed by atoms with Crippen LogP contribution in [0.2, 0.25) is 5.15 Å². The Balaban J connectivity index is 1.43. The van der Waals surface area contributed by atoms with E-state index < -0.39 is 0 Å². The van der Waals surface area contributed by atoms with E-state index in [0.717, 1.165) is 10.9 Å². The molecular weight excluding hydrogens is 340 g/mol. The van der Waals surface area contributed by atoms with Gasteiger partial charge in [0.15, 0.2) is 0 Å². The van der Waals surface area contributed by atoms with Crippen molar-refractivity contribution in [2.24, 2.45) is 0 Å². The normalized spacial score (nSPS) is 10.6. The first-order chi connectivity index (χ1) is 12.1. The summed E-state index contributed by atoms with van der Waals surface area (Å²) in [4.78, 5) is 31.0. The molecule has 0 fully saturated rings. The monoisotopic (exact) mass is 356 g/mol. The Kier molecular flexibility index (Phi) is 5.30. The van der Waals surface area contributed by atoms with Crippen molar-refractivity contribution >= 4 is 34.3 Å². The number of nitrogens with one attached hydrogen (secondary N) is 3. The molecule has 3 N–H and O–H groups in total. The number of aromatic nitrogens is 2. The van der Waals surface area contributed by atoms with Gasteiger partial charge in [0, 0.05) is 30.2 Å². The zero-order valence-electron chi connectivity index (χ0n) is 13.4. The van der Waals surface area contributed by atoms with Crippen LogP contribution in [-0.4, -0.2) is 34.9 Å². The molecule has 2 heterocycles. The Labute approximate surface area is 149 Å². The first kappa shape index (κ1) is 17.0. The van der Waals surface area contributed by atoms with Gasteiger partial charge in [-0.15, -0.1) is 0 Å². The Morgan fingerprint density at radius 3 is 2.56 bits per heavy atom. The Morgan fingerprint density at radius 2 is 1.80 bits per heavy atom. The number of carbonyl (C=O) groups is 2. The van der Waals surface area contributed by atoms with Crippen LogP contribution in [0.5, 0.6) is 0 Å². The largest absolute Gasteiger partial charge is 0.352 e. The van der Waals surface area contributed by atoms with Gasteiger partial charge < -0.3 is 15.6 Å². The number of amides is 2. The summed E-state index contributed by atoms with van der Waals surface area (Å²) in [5, 5.41) is 6.74. The second kappa shape index (κ2) is 7.81. The maximum Gasteiger partial charge on any atom is 0.267 e.